The number of guanidine groups is 1. The van der Waals surface area contributed by atoms with Crippen molar-refractivity contribution < 1.29 is 19.1 Å². The Morgan fingerprint density at radius 2 is 1.84 bits per heavy atom. The number of carbonyl (C=O) groups is 2. The molecule has 0 aromatic heterocycles. The molecule has 2 atom stereocenters. The summed E-state index contributed by atoms with van der Waals surface area (Å²) in [7, 11) is 0. The third-order valence-corrected chi connectivity index (χ3v) is 5.60. The first kappa shape index (κ1) is 20.9. The maximum atomic E-state index is 13.0. The Balaban J connectivity index is 1.66. The molecule has 0 bridgehead atoms. The zero-order valence-corrected chi connectivity index (χ0v) is 17.8. The Kier molecular flexibility index (Phi) is 6.21. The van der Waals surface area contributed by atoms with E-state index in [-0.39, 0.29) is 12.5 Å². The molecule has 0 aliphatic carbocycles. The fourth-order valence-electron chi connectivity index (χ4n) is 4.07. The number of rotatable bonds is 5. The van der Waals surface area contributed by atoms with Gasteiger partial charge in [-0.25, -0.2) is 4.99 Å². The molecular formula is C24H27N3O4. The molecule has 7 heteroatoms. The molecule has 0 fully saturated rings. The minimum Gasteiger partial charge on any atom is -0.494 e. The smallest absolute Gasteiger partial charge is 0.321 e. The van der Waals surface area contributed by atoms with Gasteiger partial charge in [-0.15, -0.1) is 0 Å². The molecule has 7 nitrogen and oxygen atoms in total. The van der Waals surface area contributed by atoms with Crippen LogP contribution in [-0.4, -0.2) is 42.5 Å². The maximum absolute atomic E-state index is 13.0. The van der Waals surface area contributed by atoms with Gasteiger partial charge in [0.1, 0.15) is 11.8 Å². The summed E-state index contributed by atoms with van der Waals surface area (Å²) >= 11 is 0. The van der Waals surface area contributed by atoms with Crippen molar-refractivity contribution in [2.24, 2.45) is 10.9 Å². The number of amides is 1. The van der Waals surface area contributed by atoms with E-state index in [1.165, 1.54) is 11.1 Å². The average molecular weight is 421 g/mol. The van der Waals surface area contributed by atoms with Gasteiger partial charge in [0.25, 0.3) is 0 Å². The number of nitrogens with zero attached hydrogens (tertiary/aromatic N) is 2. The molecule has 162 valence electrons. The van der Waals surface area contributed by atoms with Crippen molar-refractivity contribution in [3.05, 3.63) is 65.2 Å². The number of nitrogens with one attached hydrogen (secondary N) is 1. The lowest BCUT2D eigenvalue weighted by atomic mass is 9.91. The van der Waals surface area contributed by atoms with Crippen molar-refractivity contribution in [1.82, 2.24) is 10.2 Å². The third kappa shape index (κ3) is 4.40. The lowest BCUT2D eigenvalue weighted by Crippen LogP contribution is -2.53. The van der Waals surface area contributed by atoms with E-state index in [0.717, 1.165) is 24.3 Å². The van der Waals surface area contributed by atoms with Crippen LogP contribution in [-0.2, 0) is 27.3 Å². The van der Waals surface area contributed by atoms with E-state index in [9.17, 15) is 9.59 Å². The molecule has 2 aromatic rings. The van der Waals surface area contributed by atoms with Gasteiger partial charge in [0.05, 0.1) is 13.2 Å². The van der Waals surface area contributed by atoms with Crippen LogP contribution in [0.4, 0.5) is 0 Å². The summed E-state index contributed by atoms with van der Waals surface area (Å²) in [5.74, 6) is -0.749. The molecule has 31 heavy (non-hydrogen) atoms. The van der Waals surface area contributed by atoms with Crippen molar-refractivity contribution in [3.63, 3.8) is 0 Å². The SMILES string of the molecule is CCOC(=O)C1C(=O)NC(N2CCc3ccccc3C2)=NC1c1ccc(OCC)cc1. The van der Waals surface area contributed by atoms with Crippen LogP contribution >= 0.6 is 0 Å². The van der Waals surface area contributed by atoms with Crippen LogP contribution in [0, 0.1) is 5.92 Å². The first-order valence-corrected chi connectivity index (χ1v) is 10.7. The van der Waals surface area contributed by atoms with Gasteiger partial charge in [0, 0.05) is 13.1 Å². The molecule has 2 unspecified atom stereocenters. The van der Waals surface area contributed by atoms with Gasteiger partial charge in [-0.05, 0) is 49.1 Å². The van der Waals surface area contributed by atoms with E-state index >= 15 is 0 Å². The van der Waals surface area contributed by atoms with E-state index in [0.29, 0.717) is 19.1 Å². The molecule has 0 radical (unpaired) electrons. The normalized spacial score (nSPS) is 20.4. The van der Waals surface area contributed by atoms with Crippen LogP contribution in [0.3, 0.4) is 0 Å². The highest BCUT2D eigenvalue weighted by Gasteiger charge is 2.42. The molecule has 1 amide bonds. The van der Waals surface area contributed by atoms with Gasteiger partial charge in [0.2, 0.25) is 11.9 Å². The maximum Gasteiger partial charge on any atom is 0.321 e. The first-order valence-electron chi connectivity index (χ1n) is 10.7. The minimum atomic E-state index is -1.03. The second-order valence-corrected chi connectivity index (χ2v) is 7.56. The molecule has 2 heterocycles. The average Bonchev–Trinajstić information content (AvgIpc) is 2.79. The lowest BCUT2D eigenvalue weighted by Gasteiger charge is -2.36. The summed E-state index contributed by atoms with van der Waals surface area (Å²) in [6, 6.07) is 15.0. The molecule has 0 saturated heterocycles. The summed E-state index contributed by atoms with van der Waals surface area (Å²) in [6.07, 6.45) is 0.875. The van der Waals surface area contributed by atoms with Crippen LogP contribution in [0.15, 0.2) is 53.5 Å². The summed E-state index contributed by atoms with van der Waals surface area (Å²) in [5, 5.41) is 2.85. The summed E-state index contributed by atoms with van der Waals surface area (Å²) < 4.78 is 10.7. The second kappa shape index (κ2) is 9.20. The predicted molar refractivity (Wildman–Crippen MR) is 117 cm³/mol. The summed E-state index contributed by atoms with van der Waals surface area (Å²) in [5.41, 5.74) is 3.30. The Labute approximate surface area is 182 Å². The van der Waals surface area contributed by atoms with Crippen molar-refractivity contribution in [3.8, 4) is 5.75 Å². The standard InChI is InChI=1S/C24H27N3O4/c1-3-30-19-11-9-17(10-12-19)21-20(23(29)31-4-2)22(28)26-24(25-21)27-14-13-16-7-5-6-8-18(16)15-27/h5-12,20-21H,3-4,13-15H2,1-2H3,(H,25,26,28). The summed E-state index contributed by atoms with van der Waals surface area (Å²) in [4.78, 5) is 32.5. The fraction of sp³-hybridized carbons (Fsp3) is 0.375. The van der Waals surface area contributed by atoms with Crippen molar-refractivity contribution in [1.29, 1.82) is 0 Å². The highest BCUT2D eigenvalue weighted by molar-refractivity contribution is 6.08. The topological polar surface area (TPSA) is 80.2 Å². The van der Waals surface area contributed by atoms with Crippen LogP contribution < -0.4 is 10.1 Å². The molecule has 2 aliphatic rings. The minimum absolute atomic E-state index is 0.206. The van der Waals surface area contributed by atoms with E-state index in [1.54, 1.807) is 6.92 Å². The molecule has 0 saturated carbocycles. The zero-order valence-electron chi connectivity index (χ0n) is 17.8. The Bertz CT molecular complexity index is 987. The molecule has 1 N–H and O–H groups in total. The largest absolute Gasteiger partial charge is 0.494 e. The molecular weight excluding hydrogens is 394 g/mol. The van der Waals surface area contributed by atoms with Crippen LogP contribution in [0.1, 0.15) is 36.6 Å². The fourth-order valence-corrected chi connectivity index (χ4v) is 4.07. The number of fused-ring (bicyclic) bond motifs is 1. The number of hydrogen-bond donors (Lipinski definition) is 1. The summed E-state index contributed by atoms with van der Waals surface area (Å²) in [6.45, 7) is 5.83. The molecule has 2 aliphatic heterocycles. The molecule has 0 spiro atoms. The number of esters is 1. The van der Waals surface area contributed by atoms with Gasteiger partial charge in [-0.1, -0.05) is 36.4 Å². The third-order valence-electron chi connectivity index (χ3n) is 5.60. The highest BCUT2D eigenvalue weighted by Crippen LogP contribution is 2.32. The number of benzene rings is 2. The van der Waals surface area contributed by atoms with Crippen LogP contribution in [0.5, 0.6) is 5.75 Å². The van der Waals surface area contributed by atoms with E-state index in [2.05, 4.69) is 22.3 Å². The van der Waals surface area contributed by atoms with Crippen LogP contribution in [0.25, 0.3) is 0 Å². The van der Waals surface area contributed by atoms with Crippen molar-refractivity contribution in [2.75, 3.05) is 19.8 Å². The monoisotopic (exact) mass is 421 g/mol. The number of aliphatic imine (C=N–C) groups is 1. The van der Waals surface area contributed by atoms with E-state index in [4.69, 9.17) is 14.5 Å². The van der Waals surface area contributed by atoms with E-state index < -0.39 is 17.9 Å². The Hall–Kier alpha value is -3.35. The number of hydrogen-bond acceptors (Lipinski definition) is 6. The van der Waals surface area contributed by atoms with Crippen LogP contribution in [0.2, 0.25) is 0 Å². The van der Waals surface area contributed by atoms with Crippen molar-refractivity contribution in [2.45, 2.75) is 32.9 Å². The second-order valence-electron chi connectivity index (χ2n) is 7.56. The molecule has 4 rings (SSSR count). The van der Waals surface area contributed by atoms with Gasteiger partial charge >= 0.3 is 5.97 Å². The predicted octanol–water partition coefficient (Wildman–Crippen LogP) is 2.85. The van der Waals surface area contributed by atoms with Crippen molar-refractivity contribution >= 4 is 17.8 Å². The first-order chi connectivity index (χ1) is 15.1. The Morgan fingerprint density at radius 3 is 2.55 bits per heavy atom. The lowest BCUT2D eigenvalue weighted by molar-refractivity contribution is -0.153. The quantitative estimate of drug-likeness (QED) is 0.593. The van der Waals surface area contributed by atoms with Gasteiger partial charge < -0.3 is 14.4 Å². The van der Waals surface area contributed by atoms with Gasteiger partial charge in [-0.2, -0.15) is 0 Å². The number of ether oxygens (including phenoxy) is 2. The van der Waals surface area contributed by atoms with E-state index in [1.807, 2.05) is 43.3 Å². The molecule has 2 aromatic carbocycles. The van der Waals surface area contributed by atoms with Gasteiger partial charge in [0.15, 0.2) is 5.92 Å². The zero-order chi connectivity index (χ0) is 21.8. The Morgan fingerprint density at radius 1 is 1.10 bits per heavy atom. The highest BCUT2D eigenvalue weighted by atomic mass is 16.5. The van der Waals surface area contributed by atoms with Gasteiger partial charge in [-0.3, -0.25) is 14.9 Å². The number of carbonyl (C=O) groups excluding carboxylic acids is 2.